The minimum Gasteiger partial charge on any atom is -0.238 e. The predicted octanol–water partition coefficient (Wildman–Crippen LogP) is 2.47. The van der Waals surface area contributed by atoms with E-state index in [0.717, 1.165) is 25.1 Å². The van der Waals surface area contributed by atoms with E-state index in [9.17, 15) is 0 Å². The van der Waals surface area contributed by atoms with E-state index >= 15 is 0 Å². The van der Waals surface area contributed by atoms with Crippen LogP contribution in [0.2, 0.25) is 0 Å². The van der Waals surface area contributed by atoms with Crippen molar-refractivity contribution in [2.45, 2.75) is 47.0 Å². The summed E-state index contributed by atoms with van der Waals surface area (Å²) in [5.41, 5.74) is 3.70. The first kappa shape index (κ1) is 10.2. The van der Waals surface area contributed by atoms with Crippen molar-refractivity contribution in [2.24, 2.45) is 0 Å². The molecule has 0 spiro atoms. The summed E-state index contributed by atoms with van der Waals surface area (Å²) < 4.78 is 0. The number of nitrogens with zero attached hydrogens (tertiary/aromatic N) is 2. The summed E-state index contributed by atoms with van der Waals surface area (Å²) in [6.07, 6.45) is 2.95. The third-order valence-corrected chi connectivity index (χ3v) is 2.38. The molecule has 1 aromatic heterocycles. The van der Waals surface area contributed by atoms with Crippen molar-refractivity contribution in [2.75, 3.05) is 0 Å². The third kappa shape index (κ3) is 2.06. The van der Waals surface area contributed by atoms with E-state index in [1.54, 1.807) is 0 Å². The van der Waals surface area contributed by atoms with Gasteiger partial charge in [0, 0.05) is 17.8 Å². The zero-order chi connectivity index (χ0) is 9.84. The van der Waals surface area contributed by atoms with Crippen LogP contribution in [0.3, 0.4) is 0 Å². The van der Waals surface area contributed by atoms with E-state index in [2.05, 4.69) is 37.7 Å². The fourth-order valence-electron chi connectivity index (χ4n) is 1.52. The molecule has 2 nitrogen and oxygen atoms in total. The normalized spacial score (nSPS) is 10.5. The van der Waals surface area contributed by atoms with E-state index in [1.807, 2.05) is 0 Å². The number of hydrogen-bond acceptors (Lipinski definition) is 2. The highest BCUT2D eigenvalue weighted by molar-refractivity contribution is 5.24. The monoisotopic (exact) mass is 178 g/mol. The minimum absolute atomic E-state index is 0.931. The predicted molar refractivity (Wildman–Crippen MR) is 54.9 cm³/mol. The molecular weight excluding hydrogens is 160 g/mol. The molecule has 1 heterocycles. The molecule has 0 unspecified atom stereocenters. The van der Waals surface area contributed by atoms with E-state index < -0.39 is 0 Å². The van der Waals surface area contributed by atoms with Gasteiger partial charge in [-0.3, -0.25) is 0 Å². The molecule has 0 aliphatic carbocycles. The van der Waals surface area contributed by atoms with Gasteiger partial charge >= 0.3 is 0 Å². The lowest BCUT2D eigenvalue weighted by atomic mass is 10.1. The summed E-state index contributed by atoms with van der Waals surface area (Å²) in [6, 6.07) is 0. The van der Waals surface area contributed by atoms with Crippen LogP contribution in [0.1, 0.15) is 43.5 Å². The summed E-state index contributed by atoms with van der Waals surface area (Å²) in [5, 5.41) is 0. The van der Waals surface area contributed by atoms with Crippen molar-refractivity contribution in [1.29, 1.82) is 0 Å². The molecule has 0 saturated heterocycles. The first-order valence-corrected chi connectivity index (χ1v) is 5.08. The summed E-state index contributed by atoms with van der Waals surface area (Å²) >= 11 is 0. The van der Waals surface area contributed by atoms with Crippen molar-refractivity contribution in [3.05, 3.63) is 22.8 Å². The maximum atomic E-state index is 4.51. The Morgan fingerprint density at radius 1 is 0.846 bits per heavy atom. The van der Waals surface area contributed by atoms with Gasteiger partial charge in [-0.25, -0.2) is 9.97 Å². The van der Waals surface area contributed by atoms with Crippen LogP contribution in [0.15, 0.2) is 0 Å². The lowest BCUT2D eigenvalue weighted by molar-refractivity contribution is 0.829. The number of hydrogen-bond donors (Lipinski definition) is 0. The van der Waals surface area contributed by atoms with Crippen LogP contribution in [-0.2, 0) is 19.3 Å². The van der Waals surface area contributed by atoms with Gasteiger partial charge in [-0.15, -0.1) is 0 Å². The van der Waals surface area contributed by atoms with Gasteiger partial charge in [0.1, 0.15) is 5.82 Å². The topological polar surface area (TPSA) is 25.8 Å². The molecule has 2 heteroatoms. The molecule has 0 fully saturated rings. The molecule has 0 bridgehead atoms. The second kappa shape index (κ2) is 4.35. The summed E-state index contributed by atoms with van der Waals surface area (Å²) in [5.74, 6) is 0.985. The highest BCUT2D eigenvalue weighted by Gasteiger charge is 2.06. The summed E-state index contributed by atoms with van der Waals surface area (Å²) in [6.45, 7) is 8.52. The van der Waals surface area contributed by atoms with Gasteiger partial charge in [0.05, 0.1) is 0 Å². The Kier molecular flexibility index (Phi) is 3.40. The Labute approximate surface area is 80.4 Å². The van der Waals surface area contributed by atoms with Crippen LogP contribution >= 0.6 is 0 Å². The molecule has 0 N–H and O–H groups in total. The van der Waals surface area contributed by atoms with E-state index in [1.165, 1.54) is 17.0 Å². The Morgan fingerprint density at radius 3 is 1.62 bits per heavy atom. The first-order chi connectivity index (χ1) is 6.22. The first-order valence-electron chi connectivity index (χ1n) is 5.08. The van der Waals surface area contributed by atoms with Gasteiger partial charge in [0.2, 0.25) is 0 Å². The molecular formula is C11H18N2. The molecule has 0 radical (unpaired) electrons. The molecule has 0 aliphatic heterocycles. The van der Waals surface area contributed by atoms with Crippen LogP contribution in [0.4, 0.5) is 0 Å². The fraction of sp³-hybridized carbons (Fsp3) is 0.636. The molecule has 0 atom stereocenters. The molecule has 1 aromatic rings. The third-order valence-electron chi connectivity index (χ3n) is 2.38. The zero-order valence-electron chi connectivity index (χ0n) is 9.02. The Balaban J connectivity index is 3.20. The Morgan fingerprint density at radius 2 is 1.31 bits per heavy atom. The van der Waals surface area contributed by atoms with Crippen molar-refractivity contribution >= 4 is 0 Å². The number of aromatic nitrogens is 2. The largest absolute Gasteiger partial charge is 0.238 e. The molecule has 0 aromatic carbocycles. The summed E-state index contributed by atoms with van der Waals surface area (Å²) in [4.78, 5) is 9.01. The Bertz CT molecular complexity index is 267. The van der Waals surface area contributed by atoms with Gasteiger partial charge in [0.15, 0.2) is 0 Å². The van der Waals surface area contributed by atoms with Crippen molar-refractivity contribution in [3.63, 3.8) is 0 Å². The van der Waals surface area contributed by atoms with Gasteiger partial charge in [-0.2, -0.15) is 0 Å². The van der Waals surface area contributed by atoms with Gasteiger partial charge in [0.25, 0.3) is 0 Å². The maximum absolute atomic E-state index is 4.51. The van der Waals surface area contributed by atoms with Gasteiger partial charge < -0.3 is 0 Å². The second-order valence-electron chi connectivity index (χ2n) is 3.22. The van der Waals surface area contributed by atoms with Crippen LogP contribution in [0.5, 0.6) is 0 Å². The minimum atomic E-state index is 0.931. The van der Waals surface area contributed by atoms with Gasteiger partial charge in [-0.05, 0) is 25.3 Å². The van der Waals surface area contributed by atoms with Crippen LogP contribution < -0.4 is 0 Å². The standard InChI is InChI=1S/C11H18N2/c1-5-9-8(4)10(6-2)13-11(7-3)12-9/h5-7H2,1-4H3. The Hall–Kier alpha value is -0.920. The van der Waals surface area contributed by atoms with Crippen molar-refractivity contribution in [3.8, 4) is 0 Å². The highest BCUT2D eigenvalue weighted by atomic mass is 14.9. The zero-order valence-corrected chi connectivity index (χ0v) is 9.02. The lowest BCUT2D eigenvalue weighted by Gasteiger charge is -2.08. The molecule has 13 heavy (non-hydrogen) atoms. The average Bonchev–Trinajstić information content (AvgIpc) is 2.18. The van der Waals surface area contributed by atoms with E-state index in [0.29, 0.717) is 0 Å². The molecule has 0 amide bonds. The van der Waals surface area contributed by atoms with Crippen LogP contribution in [0, 0.1) is 6.92 Å². The van der Waals surface area contributed by atoms with Crippen molar-refractivity contribution < 1.29 is 0 Å². The maximum Gasteiger partial charge on any atom is 0.128 e. The highest BCUT2D eigenvalue weighted by Crippen LogP contribution is 2.11. The fourth-order valence-corrected chi connectivity index (χ4v) is 1.52. The molecule has 72 valence electrons. The average molecular weight is 178 g/mol. The molecule has 1 rings (SSSR count). The molecule has 0 aliphatic rings. The second-order valence-corrected chi connectivity index (χ2v) is 3.22. The van der Waals surface area contributed by atoms with Crippen molar-refractivity contribution in [1.82, 2.24) is 9.97 Å². The lowest BCUT2D eigenvalue weighted by Crippen LogP contribution is -2.05. The number of rotatable bonds is 3. The van der Waals surface area contributed by atoms with E-state index in [4.69, 9.17) is 0 Å². The number of aryl methyl sites for hydroxylation is 3. The summed E-state index contributed by atoms with van der Waals surface area (Å²) in [7, 11) is 0. The quantitative estimate of drug-likeness (QED) is 0.710. The SMILES string of the molecule is CCc1nc(CC)c(C)c(CC)n1. The van der Waals surface area contributed by atoms with Crippen LogP contribution in [0.25, 0.3) is 0 Å². The smallest absolute Gasteiger partial charge is 0.128 e. The van der Waals surface area contributed by atoms with Crippen LogP contribution in [-0.4, -0.2) is 9.97 Å². The van der Waals surface area contributed by atoms with Gasteiger partial charge in [-0.1, -0.05) is 20.8 Å². The molecule has 0 saturated carbocycles. The van der Waals surface area contributed by atoms with E-state index in [-0.39, 0.29) is 0 Å².